The second kappa shape index (κ2) is 5.35. The Bertz CT molecular complexity index is 729. The van der Waals surface area contributed by atoms with Crippen LogP contribution in [0.4, 0.5) is 11.4 Å². The van der Waals surface area contributed by atoms with E-state index < -0.39 is 0 Å². The molecule has 2 heteroatoms. The largest absolute Gasteiger partial charge is 0.344 e. The van der Waals surface area contributed by atoms with Gasteiger partial charge in [-0.1, -0.05) is 48.5 Å². The number of hydrogen-bond donors (Lipinski definition) is 1. The van der Waals surface area contributed by atoms with Crippen LogP contribution in [0.25, 0.3) is 10.8 Å². The Morgan fingerprint density at radius 3 is 2.50 bits per heavy atom. The average molecular weight is 262 g/mol. The second-order valence-electron chi connectivity index (χ2n) is 4.93. The Kier molecular flexibility index (Phi) is 3.40. The number of hydrogen-bond acceptors (Lipinski definition) is 2. The lowest BCUT2D eigenvalue weighted by Gasteiger charge is -2.22. The molecule has 0 aromatic heterocycles. The molecule has 0 aliphatic heterocycles. The Balaban J connectivity index is 2.10. The molecule has 0 atom stereocenters. The van der Waals surface area contributed by atoms with E-state index >= 15 is 0 Å². The van der Waals surface area contributed by atoms with E-state index in [0.29, 0.717) is 6.54 Å². The molecule has 2 N–H and O–H groups in total. The summed E-state index contributed by atoms with van der Waals surface area (Å²) in [4.78, 5) is 2.21. The van der Waals surface area contributed by atoms with E-state index in [1.54, 1.807) is 0 Å². The van der Waals surface area contributed by atoms with Gasteiger partial charge in [-0.3, -0.25) is 0 Å². The predicted octanol–water partition coefficient (Wildman–Crippen LogP) is 4.07. The highest BCUT2D eigenvalue weighted by Crippen LogP contribution is 2.31. The molecule has 3 rings (SSSR count). The molecule has 0 unspecified atom stereocenters. The van der Waals surface area contributed by atoms with Crippen molar-refractivity contribution < 1.29 is 0 Å². The summed E-state index contributed by atoms with van der Waals surface area (Å²) in [5.41, 5.74) is 9.24. The zero-order valence-corrected chi connectivity index (χ0v) is 11.6. The zero-order valence-electron chi connectivity index (χ0n) is 11.6. The van der Waals surface area contributed by atoms with Crippen LogP contribution < -0.4 is 10.6 Å². The summed E-state index contributed by atoms with van der Waals surface area (Å²) in [5, 5.41) is 2.52. The van der Waals surface area contributed by atoms with Crippen LogP contribution in [0.2, 0.25) is 0 Å². The highest BCUT2D eigenvalue weighted by Gasteiger charge is 2.07. The molecule has 0 radical (unpaired) electrons. The Labute approximate surface area is 119 Å². The van der Waals surface area contributed by atoms with E-state index in [-0.39, 0.29) is 0 Å². The first-order valence-corrected chi connectivity index (χ1v) is 6.80. The third-order valence-corrected chi connectivity index (χ3v) is 3.66. The molecule has 0 aliphatic carbocycles. The van der Waals surface area contributed by atoms with Crippen LogP contribution in [0.15, 0.2) is 66.7 Å². The van der Waals surface area contributed by atoms with Crippen LogP contribution in [-0.2, 0) is 6.54 Å². The topological polar surface area (TPSA) is 29.3 Å². The molecule has 0 amide bonds. The van der Waals surface area contributed by atoms with Crippen LogP contribution in [0.3, 0.4) is 0 Å². The van der Waals surface area contributed by atoms with Gasteiger partial charge in [-0.2, -0.15) is 0 Å². The van der Waals surface area contributed by atoms with Gasteiger partial charge in [-0.25, -0.2) is 0 Å². The molecule has 0 fully saturated rings. The van der Waals surface area contributed by atoms with Gasteiger partial charge in [0, 0.05) is 30.4 Å². The highest BCUT2D eigenvalue weighted by molar-refractivity contribution is 5.95. The fourth-order valence-electron chi connectivity index (χ4n) is 2.53. The van der Waals surface area contributed by atoms with E-state index in [1.807, 2.05) is 0 Å². The van der Waals surface area contributed by atoms with Crippen molar-refractivity contribution in [2.24, 2.45) is 5.73 Å². The van der Waals surface area contributed by atoms with E-state index in [9.17, 15) is 0 Å². The molecule has 0 aliphatic rings. The van der Waals surface area contributed by atoms with Crippen molar-refractivity contribution in [3.8, 4) is 0 Å². The molecule has 0 saturated heterocycles. The molecule has 3 aromatic carbocycles. The summed E-state index contributed by atoms with van der Waals surface area (Å²) >= 11 is 0. The average Bonchev–Trinajstić information content (AvgIpc) is 2.53. The van der Waals surface area contributed by atoms with Gasteiger partial charge in [0.25, 0.3) is 0 Å². The minimum atomic E-state index is 0.567. The standard InChI is InChI=1S/C18H18N2/c1-20(16-9-4-6-14(12-16)13-19)18-11-5-8-15-7-2-3-10-17(15)18/h2-12H,13,19H2,1H3. The summed E-state index contributed by atoms with van der Waals surface area (Å²) in [6, 6.07) is 23.2. The Hall–Kier alpha value is -2.32. The van der Waals surface area contributed by atoms with Gasteiger partial charge in [0.15, 0.2) is 0 Å². The lowest BCUT2D eigenvalue weighted by Crippen LogP contribution is -2.10. The first-order chi connectivity index (χ1) is 9.79. The third-order valence-electron chi connectivity index (χ3n) is 3.66. The lowest BCUT2D eigenvalue weighted by atomic mass is 10.1. The maximum Gasteiger partial charge on any atom is 0.0487 e. The monoisotopic (exact) mass is 262 g/mol. The number of benzene rings is 3. The molecule has 3 aromatic rings. The minimum absolute atomic E-state index is 0.567. The normalized spacial score (nSPS) is 10.7. The fourth-order valence-corrected chi connectivity index (χ4v) is 2.53. The number of nitrogens with two attached hydrogens (primary N) is 1. The molecular formula is C18H18N2. The number of fused-ring (bicyclic) bond motifs is 1. The number of nitrogens with zero attached hydrogens (tertiary/aromatic N) is 1. The molecule has 0 heterocycles. The number of anilines is 2. The van der Waals surface area contributed by atoms with Crippen LogP contribution >= 0.6 is 0 Å². The van der Waals surface area contributed by atoms with Crippen molar-refractivity contribution in [3.63, 3.8) is 0 Å². The molecule has 0 saturated carbocycles. The van der Waals surface area contributed by atoms with E-state index in [4.69, 9.17) is 5.73 Å². The van der Waals surface area contributed by atoms with Gasteiger partial charge in [-0.05, 0) is 29.1 Å². The second-order valence-corrected chi connectivity index (χ2v) is 4.93. The van der Waals surface area contributed by atoms with Crippen molar-refractivity contribution in [2.45, 2.75) is 6.54 Å². The van der Waals surface area contributed by atoms with Gasteiger partial charge in [-0.15, -0.1) is 0 Å². The SMILES string of the molecule is CN(c1cccc(CN)c1)c1cccc2ccccc12. The highest BCUT2D eigenvalue weighted by atomic mass is 15.1. The Morgan fingerprint density at radius 1 is 0.900 bits per heavy atom. The quantitative estimate of drug-likeness (QED) is 0.771. The van der Waals surface area contributed by atoms with Gasteiger partial charge < -0.3 is 10.6 Å². The summed E-state index contributed by atoms with van der Waals surface area (Å²) in [5.74, 6) is 0. The summed E-state index contributed by atoms with van der Waals surface area (Å²) in [6.07, 6.45) is 0. The summed E-state index contributed by atoms with van der Waals surface area (Å²) in [6.45, 7) is 0.567. The van der Waals surface area contributed by atoms with Crippen molar-refractivity contribution >= 4 is 22.1 Å². The van der Waals surface area contributed by atoms with Crippen molar-refractivity contribution in [1.82, 2.24) is 0 Å². The Morgan fingerprint density at radius 2 is 1.65 bits per heavy atom. The smallest absolute Gasteiger partial charge is 0.0487 e. The molecule has 20 heavy (non-hydrogen) atoms. The lowest BCUT2D eigenvalue weighted by molar-refractivity contribution is 1.06. The van der Waals surface area contributed by atoms with Gasteiger partial charge in [0.05, 0.1) is 0 Å². The van der Waals surface area contributed by atoms with Crippen LogP contribution in [0, 0.1) is 0 Å². The third kappa shape index (κ3) is 2.26. The van der Waals surface area contributed by atoms with Crippen LogP contribution in [0.5, 0.6) is 0 Å². The first kappa shape index (κ1) is 12.7. The van der Waals surface area contributed by atoms with E-state index in [0.717, 1.165) is 11.3 Å². The molecule has 100 valence electrons. The summed E-state index contributed by atoms with van der Waals surface area (Å²) < 4.78 is 0. The minimum Gasteiger partial charge on any atom is -0.344 e. The van der Waals surface area contributed by atoms with Crippen LogP contribution in [-0.4, -0.2) is 7.05 Å². The van der Waals surface area contributed by atoms with Gasteiger partial charge in [0.2, 0.25) is 0 Å². The van der Waals surface area contributed by atoms with Crippen molar-refractivity contribution in [3.05, 3.63) is 72.3 Å². The predicted molar refractivity (Wildman–Crippen MR) is 86.3 cm³/mol. The zero-order chi connectivity index (χ0) is 13.9. The van der Waals surface area contributed by atoms with E-state index in [2.05, 4.69) is 78.7 Å². The maximum atomic E-state index is 5.73. The van der Waals surface area contributed by atoms with E-state index in [1.165, 1.54) is 16.5 Å². The first-order valence-electron chi connectivity index (χ1n) is 6.80. The van der Waals surface area contributed by atoms with Gasteiger partial charge >= 0.3 is 0 Å². The molecule has 0 bridgehead atoms. The molecule has 0 spiro atoms. The molecule has 2 nitrogen and oxygen atoms in total. The van der Waals surface area contributed by atoms with Gasteiger partial charge in [0.1, 0.15) is 0 Å². The van der Waals surface area contributed by atoms with Crippen LogP contribution in [0.1, 0.15) is 5.56 Å². The van der Waals surface area contributed by atoms with Crippen molar-refractivity contribution in [1.29, 1.82) is 0 Å². The maximum absolute atomic E-state index is 5.73. The summed E-state index contributed by atoms with van der Waals surface area (Å²) in [7, 11) is 2.09. The molecular weight excluding hydrogens is 244 g/mol. The fraction of sp³-hybridized carbons (Fsp3) is 0.111. The number of rotatable bonds is 3. The van der Waals surface area contributed by atoms with Crippen molar-refractivity contribution in [2.75, 3.05) is 11.9 Å².